The monoisotopic (exact) mass is 545 g/mol. The number of rotatable bonds is 7. The lowest BCUT2D eigenvalue weighted by Crippen LogP contribution is -2.31. The molecule has 6 heterocycles. The van der Waals surface area contributed by atoms with E-state index in [1.165, 1.54) is 7.11 Å². The lowest BCUT2D eigenvalue weighted by Gasteiger charge is -2.21. The van der Waals surface area contributed by atoms with E-state index >= 15 is 0 Å². The molecular formula is C30H27N9O2. The summed E-state index contributed by atoms with van der Waals surface area (Å²) >= 11 is 0. The van der Waals surface area contributed by atoms with Crippen LogP contribution < -0.4 is 15.0 Å². The molecule has 1 N–H and O–H groups in total. The van der Waals surface area contributed by atoms with Crippen LogP contribution in [-0.4, -0.2) is 62.0 Å². The van der Waals surface area contributed by atoms with Crippen LogP contribution in [0.3, 0.4) is 0 Å². The van der Waals surface area contributed by atoms with Gasteiger partial charge in [0.25, 0.3) is 5.91 Å². The number of nitrogens with one attached hydrogen (secondary N) is 1. The SMILES string of the molecule is COc1cccc(C(=O)NCC2[C@H]3CN(c4ccc(-c5cc(-c6cnn(C)c6)cn6ncc(C#N)c56)cn4)C[C@@H]23)n1. The van der Waals surface area contributed by atoms with E-state index in [4.69, 9.17) is 9.72 Å². The molecule has 5 aromatic rings. The first-order chi connectivity index (χ1) is 20.0. The highest BCUT2D eigenvalue weighted by Crippen LogP contribution is 2.52. The van der Waals surface area contributed by atoms with E-state index in [1.807, 2.05) is 37.9 Å². The number of carbonyl (C=O) groups excluding carboxylic acids is 1. The summed E-state index contributed by atoms with van der Waals surface area (Å²) in [6, 6.07) is 13.6. The average molecular weight is 546 g/mol. The van der Waals surface area contributed by atoms with Gasteiger partial charge >= 0.3 is 0 Å². The third kappa shape index (κ3) is 4.43. The maximum absolute atomic E-state index is 12.5. The van der Waals surface area contributed by atoms with Crippen molar-refractivity contribution in [2.75, 3.05) is 31.6 Å². The number of nitriles is 1. The maximum atomic E-state index is 12.5. The fraction of sp³-hybridized carbons (Fsp3) is 0.267. The Labute approximate surface area is 236 Å². The van der Waals surface area contributed by atoms with E-state index in [1.54, 1.807) is 33.6 Å². The number of nitrogens with zero attached hydrogens (tertiary/aromatic N) is 8. The zero-order valence-corrected chi connectivity index (χ0v) is 22.6. The van der Waals surface area contributed by atoms with Gasteiger partial charge in [0.05, 0.1) is 30.6 Å². The van der Waals surface area contributed by atoms with Gasteiger partial charge in [0.15, 0.2) is 0 Å². The summed E-state index contributed by atoms with van der Waals surface area (Å²) in [6.07, 6.45) is 9.15. The molecule has 1 amide bonds. The van der Waals surface area contributed by atoms with Crippen LogP contribution in [0.5, 0.6) is 5.88 Å². The number of amides is 1. The van der Waals surface area contributed by atoms with Gasteiger partial charge in [-0.2, -0.15) is 15.5 Å². The van der Waals surface area contributed by atoms with E-state index in [9.17, 15) is 10.1 Å². The number of anilines is 1. The smallest absolute Gasteiger partial charge is 0.270 e. The Kier molecular flexibility index (Phi) is 5.89. The molecule has 2 fully saturated rings. The fourth-order valence-electron chi connectivity index (χ4n) is 5.98. The van der Waals surface area contributed by atoms with Crippen LogP contribution in [-0.2, 0) is 7.05 Å². The fourth-order valence-corrected chi connectivity index (χ4v) is 5.98. The zero-order valence-electron chi connectivity index (χ0n) is 22.6. The van der Waals surface area contributed by atoms with Crippen molar-refractivity contribution in [1.29, 1.82) is 5.26 Å². The van der Waals surface area contributed by atoms with Crippen LogP contribution in [0.1, 0.15) is 16.1 Å². The first-order valence-corrected chi connectivity index (χ1v) is 13.4. The number of ether oxygens (including phenoxy) is 1. The van der Waals surface area contributed by atoms with Gasteiger partial charge in [-0.25, -0.2) is 14.5 Å². The molecular weight excluding hydrogens is 518 g/mol. The van der Waals surface area contributed by atoms with Gasteiger partial charge in [0.1, 0.15) is 17.6 Å². The van der Waals surface area contributed by atoms with Gasteiger partial charge in [-0.05, 0) is 42.0 Å². The molecule has 3 atom stereocenters. The van der Waals surface area contributed by atoms with Gasteiger partial charge < -0.3 is 15.0 Å². The molecule has 0 bridgehead atoms. The highest BCUT2D eigenvalue weighted by molar-refractivity contribution is 5.92. The number of fused-ring (bicyclic) bond motifs is 2. The van der Waals surface area contributed by atoms with Gasteiger partial charge in [0.2, 0.25) is 5.88 Å². The number of carbonyl (C=O) groups is 1. The number of methoxy groups -OCH3 is 1. The minimum absolute atomic E-state index is 0.178. The van der Waals surface area contributed by atoms with Crippen molar-refractivity contribution in [1.82, 2.24) is 34.7 Å². The second-order valence-corrected chi connectivity index (χ2v) is 10.6. The molecule has 0 radical (unpaired) electrons. The normalized spacial score (nSPS) is 19.1. The lowest BCUT2D eigenvalue weighted by atomic mass is 10.0. The predicted octanol–water partition coefficient (Wildman–Crippen LogP) is 3.18. The summed E-state index contributed by atoms with van der Waals surface area (Å²) in [5.41, 5.74) is 5.37. The van der Waals surface area contributed by atoms with Crippen molar-refractivity contribution in [3.8, 4) is 34.2 Å². The maximum Gasteiger partial charge on any atom is 0.270 e. The quantitative estimate of drug-likeness (QED) is 0.331. The Balaban J connectivity index is 1.04. The number of piperidine rings is 1. The van der Waals surface area contributed by atoms with Crippen molar-refractivity contribution in [2.24, 2.45) is 24.8 Å². The minimum Gasteiger partial charge on any atom is -0.481 e. The molecule has 11 nitrogen and oxygen atoms in total. The number of pyridine rings is 3. The van der Waals surface area contributed by atoms with E-state index in [0.717, 1.165) is 46.7 Å². The van der Waals surface area contributed by atoms with Gasteiger partial charge in [-0.15, -0.1) is 0 Å². The summed E-state index contributed by atoms with van der Waals surface area (Å²) in [5, 5.41) is 21.5. The topological polar surface area (TPSA) is 126 Å². The third-order valence-corrected chi connectivity index (χ3v) is 8.19. The lowest BCUT2D eigenvalue weighted by molar-refractivity contribution is 0.0944. The summed E-state index contributed by atoms with van der Waals surface area (Å²) in [7, 11) is 3.42. The summed E-state index contributed by atoms with van der Waals surface area (Å²) in [5.74, 6) is 2.72. The van der Waals surface area contributed by atoms with Crippen molar-refractivity contribution in [3.05, 3.63) is 78.6 Å². The molecule has 1 aliphatic heterocycles. The van der Waals surface area contributed by atoms with Crippen LogP contribution in [0.15, 0.2) is 67.4 Å². The first kappa shape index (κ1) is 24.8. The number of hydrogen-bond acceptors (Lipinski definition) is 8. The Morgan fingerprint density at radius 1 is 1.07 bits per heavy atom. The summed E-state index contributed by atoms with van der Waals surface area (Å²) in [4.78, 5) is 23.9. The number of hydrogen-bond donors (Lipinski definition) is 1. The average Bonchev–Trinajstić information content (AvgIpc) is 3.44. The van der Waals surface area contributed by atoms with Crippen LogP contribution in [0, 0.1) is 29.1 Å². The van der Waals surface area contributed by atoms with Crippen molar-refractivity contribution in [3.63, 3.8) is 0 Å². The predicted molar refractivity (Wildman–Crippen MR) is 151 cm³/mol. The van der Waals surface area contributed by atoms with Crippen LogP contribution >= 0.6 is 0 Å². The highest BCUT2D eigenvalue weighted by atomic mass is 16.5. The van der Waals surface area contributed by atoms with Crippen LogP contribution in [0.25, 0.3) is 27.8 Å². The molecule has 2 aliphatic rings. The Bertz CT molecular complexity index is 1810. The third-order valence-electron chi connectivity index (χ3n) is 8.19. The van der Waals surface area contributed by atoms with E-state index < -0.39 is 0 Å². The van der Waals surface area contributed by atoms with Crippen LogP contribution in [0.2, 0.25) is 0 Å². The first-order valence-electron chi connectivity index (χ1n) is 13.4. The molecule has 0 spiro atoms. The van der Waals surface area contributed by atoms with E-state index in [0.29, 0.717) is 41.4 Å². The molecule has 1 saturated carbocycles. The van der Waals surface area contributed by atoms with Crippen molar-refractivity contribution < 1.29 is 9.53 Å². The molecule has 5 aromatic heterocycles. The largest absolute Gasteiger partial charge is 0.481 e. The summed E-state index contributed by atoms with van der Waals surface area (Å²) in [6.45, 7) is 2.47. The van der Waals surface area contributed by atoms with Gasteiger partial charge in [-0.3, -0.25) is 9.48 Å². The molecule has 1 saturated heterocycles. The second-order valence-electron chi connectivity index (χ2n) is 10.6. The Morgan fingerprint density at radius 3 is 2.63 bits per heavy atom. The van der Waals surface area contributed by atoms with Crippen LogP contribution in [0.4, 0.5) is 5.82 Å². The van der Waals surface area contributed by atoms with E-state index in [-0.39, 0.29) is 5.91 Å². The zero-order chi connectivity index (χ0) is 28.1. The molecule has 204 valence electrons. The minimum atomic E-state index is -0.178. The Morgan fingerprint density at radius 2 is 1.93 bits per heavy atom. The second kappa shape index (κ2) is 9.75. The molecule has 41 heavy (non-hydrogen) atoms. The molecule has 11 heteroatoms. The van der Waals surface area contributed by atoms with Crippen molar-refractivity contribution in [2.45, 2.75) is 0 Å². The molecule has 7 rings (SSSR count). The molecule has 0 aromatic carbocycles. The molecule has 1 unspecified atom stereocenters. The highest BCUT2D eigenvalue weighted by Gasteiger charge is 2.55. The van der Waals surface area contributed by atoms with Gasteiger partial charge in [0, 0.05) is 73.6 Å². The number of aryl methyl sites for hydroxylation is 1. The molecule has 1 aliphatic carbocycles. The summed E-state index contributed by atoms with van der Waals surface area (Å²) < 4.78 is 8.63. The Hall–Kier alpha value is -5.24. The number of aromatic nitrogens is 6. The standard InChI is InChI=1S/C30H27N9O2/c1-37-14-21(12-34-37)19-8-22(29-20(9-31)11-35-39(29)15-19)18-6-7-27(32-10-18)38-16-24-23(25(24)17-38)13-33-30(40)26-4-3-5-28(36-26)41-2/h3-8,10-12,14-15,23-25H,13,16-17H2,1-2H3,(H,33,40)/t23?,24-,25+. The van der Waals surface area contributed by atoms with E-state index in [2.05, 4.69) is 43.6 Å². The van der Waals surface area contributed by atoms with Gasteiger partial charge in [-0.1, -0.05) is 6.07 Å². The van der Waals surface area contributed by atoms with Crippen molar-refractivity contribution >= 4 is 17.2 Å².